The number of piperidine rings is 1. The number of rotatable bonds is 4. The van der Waals surface area contributed by atoms with Crippen LogP contribution in [0.4, 0.5) is 4.79 Å². The number of nitrogens with zero attached hydrogens (tertiary/aromatic N) is 1. The van der Waals surface area contributed by atoms with E-state index in [1.165, 1.54) is 0 Å². The van der Waals surface area contributed by atoms with Gasteiger partial charge in [0.1, 0.15) is 0 Å². The molecule has 2 aliphatic heterocycles. The zero-order valence-electron chi connectivity index (χ0n) is 12.8. The number of sulfone groups is 1. The van der Waals surface area contributed by atoms with Crippen LogP contribution in [0.1, 0.15) is 25.7 Å². The van der Waals surface area contributed by atoms with Crippen LogP contribution >= 0.6 is 11.6 Å². The van der Waals surface area contributed by atoms with E-state index in [1.807, 2.05) is 11.0 Å². The zero-order chi connectivity index (χ0) is 16.4. The zero-order valence-corrected chi connectivity index (χ0v) is 14.4. The van der Waals surface area contributed by atoms with Crippen LogP contribution in [0.15, 0.2) is 35.2 Å². The van der Waals surface area contributed by atoms with E-state index in [2.05, 4.69) is 5.32 Å². The molecule has 3 rings (SSSR count). The van der Waals surface area contributed by atoms with Crippen molar-refractivity contribution in [2.75, 3.05) is 12.4 Å². The number of benzene rings is 1. The minimum Gasteiger partial charge on any atom is -0.337 e. The molecule has 0 aliphatic carbocycles. The molecule has 0 radical (unpaired) electrons. The number of urea groups is 1. The van der Waals surface area contributed by atoms with Gasteiger partial charge in [-0.05, 0) is 37.8 Å². The van der Waals surface area contributed by atoms with Crippen LogP contribution in [0.25, 0.3) is 0 Å². The number of carbonyl (C=O) groups is 1. The molecule has 23 heavy (non-hydrogen) atoms. The van der Waals surface area contributed by atoms with Crippen molar-refractivity contribution in [1.29, 1.82) is 0 Å². The predicted molar refractivity (Wildman–Crippen MR) is 89.4 cm³/mol. The van der Waals surface area contributed by atoms with Crippen LogP contribution in [0.3, 0.4) is 0 Å². The van der Waals surface area contributed by atoms with Crippen molar-refractivity contribution in [1.82, 2.24) is 10.2 Å². The van der Waals surface area contributed by atoms with E-state index in [-0.39, 0.29) is 18.1 Å². The molecular formula is C16H21ClN2O3S. The maximum Gasteiger partial charge on any atom is 0.317 e. The molecule has 0 spiro atoms. The molecule has 2 heterocycles. The Labute approximate surface area is 141 Å². The van der Waals surface area contributed by atoms with E-state index in [9.17, 15) is 13.2 Å². The summed E-state index contributed by atoms with van der Waals surface area (Å²) >= 11 is 5.61. The lowest BCUT2D eigenvalue weighted by Crippen LogP contribution is -2.53. The fraction of sp³-hybridized carbons (Fsp3) is 0.562. The summed E-state index contributed by atoms with van der Waals surface area (Å²) in [5.41, 5.74) is 0. The Balaban J connectivity index is 1.75. The van der Waals surface area contributed by atoms with Crippen LogP contribution in [-0.4, -0.2) is 49.1 Å². The molecule has 0 aromatic heterocycles. The topological polar surface area (TPSA) is 66.5 Å². The summed E-state index contributed by atoms with van der Waals surface area (Å²) in [6.45, 7) is 0.433. The van der Waals surface area contributed by atoms with Crippen LogP contribution in [0.5, 0.6) is 0 Å². The highest BCUT2D eigenvalue weighted by Gasteiger charge is 2.47. The summed E-state index contributed by atoms with van der Waals surface area (Å²) in [4.78, 5) is 14.5. The average molecular weight is 357 g/mol. The molecule has 0 saturated carbocycles. The summed E-state index contributed by atoms with van der Waals surface area (Å²) in [6, 6.07) is 8.50. The number of carbonyl (C=O) groups excluding carboxylic acids is 1. The molecule has 2 aliphatic rings. The second kappa shape index (κ2) is 6.69. The first-order valence-corrected chi connectivity index (χ1v) is 10.0. The van der Waals surface area contributed by atoms with Gasteiger partial charge in [0, 0.05) is 24.5 Å². The van der Waals surface area contributed by atoms with Gasteiger partial charge in [0.25, 0.3) is 0 Å². The Bertz CT molecular complexity index is 651. The fourth-order valence-electron chi connectivity index (χ4n) is 3.76. The van der Waals surface area contributed by atoms with Crippen LogP contribution in [-0.2, 0) is 9.84 Å². The lowest BCUT2D eigenvalue weighted by molar-refractivity contribution is 0.148. The molecule has 1 aromatic carbocycles. The van der Waals surface area contributed by atoms with Gasteiger partial charge in [0.15, 0.2) is 9.84 Å². The van der Waals surface area contributed by atoms with Crippen molar-refractivity contribution in [3.05, 3.63) is 30.3 Å². The highest BCUT2D eigenvalue weighted by Crippen LogP contribution is 2.39. The van der Waals surface area contributed by atoms with Crippen LogP contribution in [0, 0.1) is 0 Å². The van der Waals surface area contributed by atoms with Gasteiger partial charge in [-0.3, -0.25) is 0 Å². The molecule has 1 N–H and O–H groups in total. The fourth-order valence-corrected chi connectivity index (χ4v) is 5.73. The Morgan fingerprint density at radius 2 is 1.78 bits per heavy atom. The number of fused-ring (bicyclic) bond motifs is 2. The third-order valence-corrected chi connectivity index (χ3v) is 7.19. The molecular weight excluding hydrogens is 336 g/mol. The van der Waals surface area contributed by atoms with Crippen molar-refractivity contribution in [2.24, 2.45) is 0 Å². The summed E-state index contributed by atoms with van der Waals surface area (Å²) in [7, 11) is -3.33. The smallest absolute Gasteiger partial charge is 0.317 e. The lowest BCUT2D eigenvalue weighted by atomic mass is 10.0. The molecule has 2 fully saturated rings. The first kappa shape index (κ1) is 16.6. The third-order valence-electron chi connectivity index (χ3n) is 4.81. The van der Waals surface area contributed by atoms with Gasteiger partial charge in [0.2, 0.25) is 0 Å². The number of hydrogen-bond acceptors (Lipinski definition) is 3. The van der Waals surface area contributed by atoms with Gasteiger partial charge >= 0.3 is 6.03 Å². The third kappa shape index (κ3) is 3.19. The molecule has 126 valence electrons. The molecule has 2 saturated heterocycles. The van der Waals surface area contributed by atoms with Crippen LogP contribution < -0.4 is 5.32 Å². The van der Waals surface area contributed by atoms with Crippen LogP contribution in [0.2, 0.25) is 0 Å². The Hall–Kier alpha value is -1.27. The van der Waals surface area contributed by atoms with Gasteiger partial charge in [-0.25, -0.2) is 13.2 Å². The summed E-state index contributed by atoms with van der Waals surface area (Å²) in [5, 5.41) is 2.39. The summed E-state index contributed by atoms with van der Waals surface area (Å²) in [5.74, 6) is 0.375. The number of halogens is 1. The van der Waals surface area contributed by atoms with Gasteiger partial charge < -0.3 is 10.2 Å². The largest absolute Gasteiger partial charge is 0.337 e. The van der Waals surface area contributed by atoms with E-state index in [1.54, 1.807) is 24.3 Å². The minimum absolute atomic E-state index is 0.00700. The van der Waals surface area contributed by atoms with Crippen molar-refractivity contribution < 1.29 is 13.2 Å². The Morgan fingerprint density at radius 3 is 2.35 bits per heavy atom. The quantitative estimate of drug-likeness (QED) is 0.842. The number of alkyl halides is 1. The Kier molecular flexibility index (Phi) is 4.82. The van der Waals surface area contributed by atoms with Crippen molar-refractivity contribution in [2.45, 2.75) is 47.9 Å². The summed E-state index contributed by atoms with van der Waals surface area (Å²) < 4.78 is 25.6. The van der Waals surface area contributed by atoms with E-state index < -0.39 is 15.1 Å². The van der Waals surface area contributed by atoms with Crippen molar-refractivity contribution in [3.8, 4) is 0 Å². The monoisotopic (exact) mass is 356 g/mol. The standard InChI is InChI=1S/C16H21ClN2O3S/c17-8-9-18-16(20)19-12-6-7-13(19)11-15(10-12)23(21,22)14-4-2-1-3-5-14/h1-5,12-13,15H,6-11H2,(H,18,20). The molecule has 1 aromatic rings. The highest BCUT2D eigenvalue weighted by atomic mass is 35.5. The molecule has 2 bridgehead atoms. The van der Waals surface area contributed by atoms with E-state index in [0.29, 0.717) is 30.2 Å². The molecule has 2 atom stereocenters. The van der Waals surface area contributed by atoms with E-state index >= 15 is 0 Å². The normalized spacial score (nSPS) is 27.0. The lowest BCUT2D eigenvalue weighted by Gasteiger charge is -2.38. The second-order valence-electron chi connectivity index (χ2n) is 6.16. The highest BCUT2D eigenvalue weighted by molar-refractivity contribution is 7.92. The van der Waals surface area contributed by atoms with Gasteiger partial charge in [-0.15, -0.1) is 11.6 Å². The van der Waals surface area contributed by atoms with Gasteiger partial charge in [-0.1, -0.05) is 18.2 Å². The predicted octanol–water partition coefficient (Wildman–Crippen LogP) is 2.40. The second-order valence-corrected chi connectivity index (χ2v) is 8.77. The first-order valence-electron chi connectivity index (χ1n) is 7.95. The van der Waals surface area contributed by atoms with E-state index in [4.69, 9.17) is 11.6 Å². The molecule has 2 amide bonds. The van der Waals surface area contributed by atoms with Gasteiger partial charge in [0.05, 0.1) is 10.1 Å². The Morgan fingerprint density at radius 1 is 1.17 bits per heavy atom. The maximum absolute atomic E-state index is 12.8. The molecule has 7 heteroatoms. The maximum atomic E-state index is 12.8. The van der Waals surface area contributed by atoms with E-state index in [0.717, 1.165) is 12.8 Å². The van der Waals surface area contributed by atoms with Gasteiger partial charge in [-0.2, -0.15) is 0 Å². The van der Waals surface area contributed by atoms with Crippen molar-refractivity contribution in [3.63, 3.8) is 0 Å². The minimum atomic E-state index is -3.33. The number of nitrogens with one attached hydrogen (secondary N) is 1. The summed E-state index contributed by atoms with van der Waals surface area (Å²) in [6.07, 6.45) is 2.78. The SMILES string of the molecule is O=C(NCCCl)N1C2CCC1CC(S(=O)(=O)c1ccccc1)C2. The molecule has 2 unspecified atom stereocenters. The number of amides is 2. The van der Waals surface area contributed by atoms with Crippen molar-refractivity contribution >= 4 is 27.5 Å². The number of hydrogen-bond donors (Lipinski definition) is 1. The first-order chi connectivity index (χ1) is 11.0. The molecule has 5 nitrogen and oxygen atoms in total. The average Bonchev–Trinajstić information content (AvgIpc) is 2.83.